The van der Waals surface area contributed by atoms with Gasteiger partial charge in [-0.15, -0.1) is 0 Å². The van der Waals surface area contributed by atoms with Crippen molar-refractivity contribution in [2.24, 2.45) is 0 Å². The summed E-state index contributed by atoms with van der Waals surface area (Å²) >= 11 is 6.63. The van der Waals surface area contributed by atoms with Crippen LogP contribution in [0.5, 0.6) is 0 Å². The SMILES string of the molecule is N#Cc1ccc(-c2cccc(Cl)c2-c2ccc3c(=O)n(-c4cncc5ccccc45)c(=O)[nH]c3c2)cn1. The second-order valence-electron chi connectivity index (χ2n) is 8.42. The van der Waals surface area contributed by atoms with Gasteiger partial charge < -0.3 is 4.98 Å². The molecule has 8 heteroatoms. The Labute approximate surface area is 214 Å². The Morgan fingerprint density at radius 3 is 2.51 bits per heavy atom. The summed E-state index contributed by atoms with van der Waals surface area (Å²) in [6, 6.07) is 23.7. The molecule has 0 spiro atoms. The number of nitrogens with zero attached hydrogens (tertiary/aromatic N) is 4. The van der Waals surface area contributed by atoms with E-state index in [1.165, 1.54) is 6.20 Å². The fourth-order valence-electron chi connectivity index (χ4n) is 4.55. The van der Waals surface area contributed by atoms with Crippen LogP contribution in [0, 0.1) is 11.3 Å². The first-order valence-corrected chi connectivity index (χ1v) is 11.7. The number of pyridine rings is 2. The molecule has 6 aromatic rings. The Hall–Kier alpha value is -5.06. The monoisotopic (exact) mass is 501 g/mol. The van der Waals surface area contributed by atoms with Crippen LogP contribution >= 0.6 is 11.6 Å². The van der Waals surface area contributed by atoms with Crippen LogP contribution < -0.4 is 11.2 Å². The number of hydrogen-bond acceptors (Lipinski definition) is 5. The van der Waals surface area contributed by atoms with Crippen molar-refractivity contribution in [3.05, 3.63) is 123 Å². The molecule has 0 aliphatic heterocycles. The van der Waals surface area contributed by atoms with E-state index in [1.807, 2.05) is 42.5 Å². The second kappa shape index (κ2) is 8.86. The minimum Gasteiger partial charge on any atom is -0.306 e. The van der Waals surface area contributed by atoms with Gasteiger partial charge in [-0.05, 0) is 41.5 Å². The first kappa shape index (κ1) is 22.4. The number of nitrogens with one attached hydrogen (secondary N) is 1. The molecule has 37 heavy (non-hydrogen) atoms. The highest BCUT2D eigenvalue weighted by Gasteiger charge is 2.16. The van der Waals surface area contributed by atoms with E-state index in [2.05, 4.69) is 15.0 Å². The predicted molar refractivity (Wildman–Crippen MR) is 144 cm³/mol. The third-order valence-corrected chi connectivity index (χ3v) is 6.59. The lowest BCUT2D eigenvalue weighted by Gasteiger charge is -2.13. The smallest absolute Gasteiger partial charge is 0.306 e. The van der Waals surface area contributed by atoms with Gasteiger partial charge in [0, 0.05) is 39.3 Å². The van der Waals surface area contributed by atoms with Crippen LogP contribution in [-0.4, -0.2) is 19.5 Å². The number of aromatic nitrogens is 4. The van der Waals surface area contributed by atoms with E-state index < -0.39 is 11.2 Å². The summed E-state index contributed by atoms with van der Waals surface area (Å²) < 4.78 is 1.11. The molecule has 0 radical (unpaired) electrons. The van der Waals surface area contributed by atoms with Gasteiger partial charge in [-0.3, -0.25) is 9.78 Å². The number of aromatic amines is 1. The molecule has 0 atom stereocenters. The van der Waals surface area contributed by atoms with Gasteiger partial charge >= 0.3 is 5.69 Å². The molecule has 0 fully saturated rings. The summed E-state index contributed by atoms with van der Waals surface area (Å²) in [7, 11) is 0. The Bertz CT molecular complexity index is 2000. The molecule has 0 saturated heterocycles. The van der Waals surface area contributed by atoms with E-state index in [-0.39, 0.29) is 0 Å². The van der Waals surface area contributed by atoms with Crippen molar-refractivity contribution in [1.29, 1.82) is 5.26 Å². The molecule has 1 N–H and O–H groups in total. The lowest BCUT2D eigenvalue weighted by Crippen LogP contribution is -2.33. The molecule has 0 amide bonds. The van der Waals surface area contributed by atoms with Crippen molar-refractivity contribution < 1.29 is 0 Å². The van der Waals surface area contributed by atoms with E-state index in [1.54, 1.807) is 48.8 Å². The molecule has 176 valence electrons. The number of nitriles is 1. The van der Waals surface area contributed by atoms with Crippen molar-refractivity contribution in [2.75, 3.05) is 0 Å². The summed E-state index contributed by atoms with van der Waals surface area (Å²) in [6.07, 6.45) is 4.82. The molecule has 0 unspecified atom stereocenters. The van der Waals surface area contributed by atoms with E-state index in [0.717, 1.165) is 37.6 Å². The maximum atomic E-state index is 13.5. The zero-order chi connectivity index (χ0) is 25.5. The van der Waals surface area contributed by atoms with Crippen molar-refractivity contribution in [3.63, 3.8) is 0 Å². The highest BCUT2D eigenvalue weighted by atomic mass is 35.5. The molecule has 3 aromatic carbocycles. The summed E-state index contributed by atoms with van der Waals surface area (Å²) in [4.78, 5) is 37.9. The average molecular weight is 502 g/mol. The molecule has 0 aliphatic carbocycles. The Morgan fingerprint density at radius 1 is 0.865 bits per heavy atom. The largest absolute Gasteiger partial charge is 0.333 e. The first-order valence-electron chi connectivity index (χ1n) is 11.3. The van der Waals surface area contributed by atoms with Gasteiger partial charge in [0.1, 0.15) is 11.8 Å². The molecule has 0 aliphatic rings. The molecular weight excluding hydrogens is 486 g/mol. The maximum Gasteiger partial charge on any atom is 0.333 e. The number of rotatable bonds is 3. The van der Waals surface area contributed by atoms with Gasteiger partial charge in [0.25, 0.3) is 5.56 Å². The van der Waals surface area contributed by atoms with Crippen molar-refractivity contribution in [2.45, 2.75) is 0 Å². The molecule has 3 heterocycles. The van der Waals surface area contributed by atoms with E-state index in [4.69, 9.17) is 16.9 Å². The van der Waals surface area contributed by atoms with Crippen LogP contribution in [0.3, 0.4) is 0 Å². The summed E-state index contributed by atoms with van der Waals surface area (Å²) in [6.45, 7) is 0. The minimum absolute atomic E-state index is 0.313. The standard InChI is InChI=1S/C29H16ClN5O2/c30-24-7-3-6-22(19-8-10-20(13-31)33-15-19)27(24)17-9-11-23-25(12-17)34-29(37)35(28(23)36)26-16-32-14-18-4-1-2-5-21(18)26/h1-12,14-16H,(H,34,37). The summed E-state index contributed by atoms with van der Waals surface area (Å²) in [5.74, 6) is 0. The lowest BCUT2D eigenvalue weighted by molar-refractivity contribution is 0.902. The number of fused-ring (bicyclic) bond motifs is 2. The van der Waals surface area contributed by atoms with Crippen LogP contribution in [0.1, 0.15) is 5.69 Å². The third-order valence-electron chi connectivity index (χ3n) is 6.28. The number of benzene rings is 3. The van der Waals surface area contributed by atoms with Crippen LogP contribution in [0.2, 0.25) is 5.02 Å². The predicted octanol–water partition coefficient (Wildman–Crippen LogP) is 5.48. The maximum absolute atomic E-state index is 13.5. The van der Waals surface area contributed by atoms with Crippen LogP contribution in [0.4, 0.5) is 0 Å². The average Bonchev–Trinajstić information content (AvgIpc) is 2.93. The van der Waals surface area contributed by atoms with Gasteiger partial charge in [0.2, 0.25) is 0 Å². The third kappa shape index (κ3) is 3.77. The molecule has 6 rings (SSSR count). The second-order valence-corrected chi connectivity index (χ2v) is 8.82. The number of hydrogen-bond donors (Lipinski definition) is 1. The van der Waals surface area contributed by atoms with Crippen LogP contribution in [0.25, 0.3) is 49.6 Å². The van der Waals surface area contributed by atoms with Crippen LogP contribution in [0.15, 0.2) is 101 Å². The number of halogens is 1. The zero-order valence-corrected chi connectivity index (χ0v) is 19.9. The van der Waals surface area contributed by atoms with E-state index in [9.17, 15) is 9.59 Å². The van der Waals surface area contributed by atoms with Gasteiger partial charge in [-0.25, -0.2) is 14.3 Å². The highest BCUT2D eigenvalue weighted by Crippen LogP contribution is 2.38. The van der Waals surface area contributed by atoms with Crippen molar-refractivity contribution in [1.82, 2.24) is 19.5 Å². The quantitative estimate of drug-likeness (QED) is 0.345. The lowest BCUT2D eigenvalue weighted by atomic mass is 9.94. The fourth-order valence-corrected chi connectivity index (χ4v) is 4.83. The first-order chi connectivity index (χ1) is 18.0. The molecule has 0 bridgehead atoms. The van der Waals surface area contributed by atoms with Gasteiger partial charge in [0.05, 0.1) is 22.8 Å². The molecule has 7 nitrogen and oxygen atoms in total. The van der Waals surface area contributed by atoms with Crippen molar-refractivity contribution >= 4 is 33.3 Å². The topological polar surface area (TPSA) is 104 Å². The van der Waals surface area contributed by atoms with Crippen molar-refractivity contribution in [3.8, 4) is 34.0 Å². The Morgan fingerprint density at radius 2 is 1.70 bits per heavy atom. The molecular formula is C29H16ClN5O2. The molecule has 0 saturated carbocycles. The van der Waals surface area contributed by atoms with Gasteiger partial charge in [-0.1, -0.05) is 54.1 Å². The summed E-state index contributed by atoms with van der Waals surface area (Å²) in [5.41, 5.74) is 3.14. The fraction of sp³-hybridized carbons (Fsp3) is 0. The van der Waals surface area contributed by atoms with Gasteiger partial charge in [-0.2, -0.15) is 5.26 Å². The van der Waals surface area contributed by atoms with E-state index >= 15 is 0 Å². The number of H-pyrrole nitrogens is 1. The van der Waals surface area contributed by atoms with Gasteiger partial charge in [0.15, 0.2) is 0 Å². The highest BCUT2D eigenvalue weighted by molar-refractivity contribution is 6.34. The normalized spacial score (nSPS) is 11.0. The minimum atomic E-state index is -0.566. The Kier molecular flexibility index (Phi) is 5.37. The van der Waals surface area contributed by atoms with Crippen LogP contribution in [-0.2, 0) is 0 Å². The molecule has 3 aromatic heterocycles. The summed E-state index contributed by atoms with van der Waals surface area (Å²) in [5, 5.41) is 11.5. The Balaban J connectivity index is 1.54. The van der Waals surface area contributed by atoms with E-state index in [0.29, 0.717) is 27.3 Å². The zero-order valence-electron chi connectivity index (χ0n) is 19.1.